The van der Waals surface area contributed by atoms with Crippen molar-refractivity contribution in [1.29, 1.82) is 0 Å². The molecular weight excluding hydrogens is 218 g/mol. The van der Waals surface area contributed by atoms with Crippen LogP contribution in [0.2, 0.25) is 0 Å². The molecule has 0 saturated heterocycles. The van der Waals surface area contributed by atoms with Gasteiger partial charge in [-0.05, 0) is 18.6 Å². The molecule has 0 spiro atoms. The SMILES string of the molecule is O=C(Nc1cccc(O)c1)OCCCCl. The molecule has 0 aromatic heterocycles. The Hall–Kier alpha value is -1.42. The molecule has 0 heterocycles. The second-order valence-corrected chi connectivity index (χ2v) is 3.23. The number of amides is 1. The van der Waals surface area contributed by atoms with Crippen molar-refractivity contribution in [2.75, 3.05) is 17.8 Å². The van der Waals surface area contributed by atoms with Crippen LogP contribution in [0.1, 0.15) is 6.42 Å². The Morgan fingerprint density at radius 1 is 1.53 bits per heavy atom. The molecule has 4 nitrogen and oxygen atoms in total. The zero-order valence-corrected chi connectivity index (χ0v) is 8.83. The van der Waals surface area contributed by atoms with Gasteiger partial charge < -0.3 is 9.84 Å². The molecule has 1 aromatic carbocycles. The summed E-state index contributed by atoms with van der Waals surface area (Å²) in [5, 5.41) is 11.6. The molecule has 1 aromatic rings. The zero-order valence-electron chi connectivity index (χ0n) is 8.07. The van der Waals surface area contributed by atoms with Crippen molar-refractivity contribution in [2.45, 2.75) is 6.42 Å². The van der Waals surface area contributed by atoms with Crippen LogP contribution >= 0.6 is 11.6 Å². The monoisotopic (exact) mass is 229 g/mol. The number of alkyl halides is 1. The molecule has 0 aliphatic rings. The van der Waals surface area contributed by atoms with Gasteiger partial charge in [0.05, 0.1) is 6.61 Å². The Balaban J connectivity index is 2.37. The maximum atomic E-state index is 11.1. The summed E-state index contributed by atoms with van der Waals surface area (Å²) in [6.45, 7) is 0.286. The van der Waals surface area contributed by atoms with E-state index < -0.39 is 6.09 Å². The number of hydrogen-bond donors (Lipinski definition) is 2. The van der Waals surface area contributed by atoms with E-state index in [1.54, 1.807) is 12.1 Å². The average Bonchev–Trinajstić information content (AvgIpc) is 2.18. The molecule has 1 rings (SSSR count). The second-order valence-electron chi connectivity index (χ2n) is 2.85. The first-order valence-corrected chi connectivity index (χ1v) is 5.04. The quantitative estimate of drug-likeness (QED) is 0.616. The van der Waals surface area contributed by atoms with Gasteiger partial charge in [0.2, 0.25) is 0 Å². The third-order valence-corrected chi connectivity index (χ3v) is 1.87. The van der Waals surface area contributed by atoms with E-state index in [0.717, 1.165) is 0 Å². The van der Waals surface area contributed by atoms with Crippen LogP contribution in [0, 0.1) is 0 Å². The fourth-order valence-electron chi connectivity index (χ4n) is 0.957. The van der Waals surface area contributed by atoms with Crippen molar-refractivity contribution in [3.63, 3.8) is 0 Å². The first-order valence-electron chi connectivity index (χ1n) is 4.51. The number of phenols is 1. The van der Waals surface area contributed by atoms with E-state index in [0.29, 0.717) is 18.0 Å². The number of carbonyl (C=O) groups is 1. The van der Waals surface area contributed by atoms with Gasteiger partial charge in [0.15, 0.2) is 0 Å². The van der Waals surface area contributed by atoms with Crippen molar-refractivity contribution in [3.05, 3.63) is 24.3 Å². The summed E-state index contributed by atoms with van der Waals surface area (Å²) in [6, 6.07) is 6.24. The van der Waals surface area contributed by atoms with Crippen molar-refractivity contribution >= 4 is 23.4 Å². The number of nitrogens with one attached hydrogen (secondary N) is 1. The Kier molecular flexibility index (Phi) is 4.77. The number of benzene rings is 1. The largest absolute Gasteiger partial charge is 0.508 e. The molecule has 15 heavy (non-hydrogen) atoms. The minimum absolute atomic E-state index is 0.0913. The second kappa shape index (κ2) is 6.14. The Labute approximate surface area is 92.8 Å². The van der Waals surface area contributed by atoms with E-state index in [1.165, 1.54) is 12.1 Å². The molecular formula is C10H12ClNO3. The topological polar surface area (TPSA) is 58.6 Å². The number of rotatable bonds is 4. The number of ether oxygens (including phenoxy) is 1. The maximum Gasteiger partial charge on any atom is 0.411 e. The highest BCUT2D eigenvalue weighted by Crippen LogP contribution is 2.15. The van der Waals surface area contributed by atoms with Gasteiger partial charge in [0.1, 0.15) is 5.75 Å². The lowest BCUT2D eigenvalue weighted by atomic mass is 10.3. The van der Waals surface area contributed by atoms with E-state index in [-0.39, 0.29) is 12.4 Å². The number of aromatic hydroxyl groups is 1. The lowest BCUT2D eigenvalue weighted by Gasteiger charge is -2.06. The lowest BCUT2D eigenvalue weighted by Crippen LogP contribution is -2.14. The Morgan fingerprint density at radius 3 is 3.00 bits per heavy atom. The molecule has 0 fully saturated rings. The summed E-state index contributed by atoms with van der Waals surface area (Å²) in [5.74, 6) is 0.549. The van der Waals surface area contributed by atoms with E-state index in [1.807, 2.05) is 0 Å². The molecule has 1 amide bonds. The highest BCUT2D eigenvalue weighted by Gasteiger charge is 2.02. The van der Waals surface area contributed by atoms with Gasteiger partial charge >= 0.3 is 6.09 Å². The fourth-order valence-corrected chi connectivity index (χ4v) is 1.07. The van der Waals surface area contributed by atoms with Gasteiger partial charge in [-0.2, -0.15) is 0 Å². The van der Waals surface area contributed by atoms with Crippen molar-refractivity contribution in [2.24, 2.45) is 0 Å². The Bertz CT molecular complexity index is 330. The van der Waals surface area contributed by atoms with Gasteiger partial charge in [-0.1, -0.05) is 6.07 Å². The Morgan fingerprint density at radius 2 is 2.33 bits per heavy atom. The third-order valence-electron chi connectivity index (χ3n) is 1.60. The third kappa shape index (κ3) is 4.56. The van der Waals surface area contributed by atoms with Crippen molar-refractivity contribution in [1.82, 2.24) is 0 Å². The van der Waals surface area contributed by atoms with Crippen LogP contribution in [0.4, 0.5) is 10.5 Å². The molecule has 82 valence electrons. The number of carbonyl (C=O) groups excluding carboxylic acids is 1. The first-order chi connectivity index (χ1) is 7.22. The van der Waals surface area contributed by atoms with Gasteiger partial charge in [-0.25, -0.2) is 4.79 Å². The molecule has 0 unspecified atom stereocenters. The summed E-state index contributed by atoms with van der Waals surface area (Å²) in [7, 11) is 0. The predicted octanol–water partition coefficient (Wildman–Crippen LogP) is 2.57. The average molecular weight is 230 g/mol. The minimum atomic E-state index is -0.550. The van der Waals surface area contributed by atoms with Gasteiger partial charge in [0.25, 0.3) is 0 Å². The predicted molar refractivity (Wildman–Crippen MR) is 58.4 cm³/mol. The molecule has 2 N–H and O–H groups in total. The first kappa shape index (κ1) is 11.7. The highest BCUT2D eigenvalue weighted by molar-refractivity contribution is 6.17. The van der Waals surface area contributed by atoms with Crippen LogP contribution in [0.25, 0.3) is 0 Å². The fraction of sp³-hybridized carbons (Fsp3) is 0.300. The van der Waals surface area contributed by atoms with Crippen LogP contribution in [0.5, 0.6) is 5.75 Å². The zero-order chi connectivity index (χ0) is 11.1. The maximum absolute atomic E-state index is 11.1. The molecule has 0 saturated carbocycles. The van der Waals surface area contributed by atoms with E-state index in [9.17, 15) is 4.79 Å². The van der Waals surface area contributed by atoms with Gasteiger partial charge in [-0.15, -0.1) is 11.6 Å². The molecule has 0 radical (unpaired) electrons. The van der Waals surface area contributed by atoms with Crippen molar-refractivity contribution < 1.29 is 14.6 Å². The van der Waals surface area contributed by atoms with Crippen LogP contribution < -0.4 is 5.32 Å². The van der Waals surface area contributed by atoms with Crippen LogP contribution in [-0.4, -0.2) is 23.7 Å². The minimum Gasteiger partial charge on any atom is -0.508 e. The number of anilines is 1. The summed E-state index contributed by atoms with van der Waals surface area (Å²) in [6.07, 6.45) is 0.0698. The molecule has 0 aliphatic carbocycles. The molecule has 0 bridgehead atoms. The molecule has 0 atom stereocenters. The number of halogens is 1. The van der Waals surface area contributed by atoms with E-state index in [2.05, 4.69) is 5.32 Å². The summed E-state index contributed by atoms with van der Waals surface area (Å²) in [4.78, 5) is 11.1. The van der Waals surface area contributed by atoms with E-state index >= 15 is 0 Å². The van der Waals surface area contributed by atoms with Crippen molar-refractivity contribution in [3.8, 4) is 5.75 Å². The van der Waals surface area contributed by atoms with Crippen LogP contribution in [0.3, 0.4) is 0 Å². The highest BCUT2D eigenvalue weighted by atomic mass is 35.5. The summed E-state index contributed by atoms with van der Waals surface area (Å²) in [5.41, 5.74) is 0.492. The van der Waals surface area contributed by atoms with E-state index in [4.69, 9.17) is 21.4 Å². The standard InChI is InChI=1S/C10H12ClNO3/c11-5-2-6-15-10(14)12-8-3-1-4-9(13)7-8/h1,3-4,7,13H,2,5-6H2,(H,12,14). The number of phenolic OH excluding ortho intramolecular Hbond substituents is 1. The lowest BCUT2D eigenvalue weighted by molar-refractivity contribution is 0.162. The normalized spacial score (nSPS) is 9.67. The number of hydrogen-bond acceptors (Lipinski definition) is 3. The van der Waals surface area contributed by atoms with Gasteiger partial charge in [-0.3, -0.25) is 5.32 Å². The van der Waals surface area contributed by atoms with Gasteiger partial charge in [0, 0.05) is 17.6 Å². The van der Waals surface area contributed by atoms with Crippen LogP contribution in [0.15, 0.2) is 24.3 Å². The molecule has 0 aliphatic heterocycles. The summed E-state index contributed by atoms with van der Waals surface area (Å²) >= 11 is 5.42. The molecule has 5 heteroatoms. The smallest absolute Gasteiger partial charge is 0.411 e. The van der Waals surface area contributed by atoms with Crippen LogP contribution in [-0.2, 0) is 4.74 Å². The summed E-state index contributed by atoms with van der Waals surface area (Å²) < 4.78 is 4.81.